The monoisotopic (exact) mass is 291 g/mol. The van der Waals surface area contributed by atoms with Crippen molar-refractivity contribution in [2.75, 3.05) is 6.54 Å². The Morgan fingerprint density at radius 2 is 1.76 bits per heavy atom. The first kappa shape index (κ1) is 21.3. The summed E-state index contributed by atoms with van der Waals surface area (Å²) in [4.78, 5) is 9.74. The Kier molecular flexibility index (Phi) is 14.6. The van der Waals surface area contributed by atoms with Gasteiger partial charge in [0.1, 0.15) is 5.78 Å². The highest BCUT2D eigenvalue weighted by Gasteiger charge is 1.94. The largest absolute Gasteiger partial charge is 0.298 e. The molecule has 0 radical (unpaired) electrons. The first-order valence-corrected chi connectivity index (χ1v) is 6.90. The van der Waals surface area contributed by atoms with Crippen molar-refractivity contribution < 1.29 is 9.28 Å². The minimum atomic E-state index is -0.197. The van der Waals surface area contributed by atoms with E-state index >= 15 is 0 Å². The summed E-state index contributed by atoms with van der Waals surface area (Å²) in [5.41, 5.74) is 4.77. The second-order valence-electron chi connectivity index (χ2n) is 3.94. The Hall–Kier alpha value is -2.00. The van der Waals surface area contributed by atoms with Crippen LogP contribution in [0, 0.1) is 6.92 Å². The quantitative estimate of drug-likeness (QED) is 0.622. The Bertz CT molecular complexity index is 447. The Morgan fingerprint density at radius 3 is 2.05 bits per heavy atom. The van der Waals surface area contributed by atoms with E-state index in [9.17, 15) is 9.28 Å². The van der Waals surface area contributed by atoms with Crippen molar-refractivity contribution in [2.45, 2.75) is 27.7 Å². The van der Waals surface area contributed by atoms with Crippen molar-refractivity contribution in [1.29, 1.82) is 0 Å². The third-order valence-electron chi connectivity index (χ3n) is 2.22. The summed E-state index contributed by atoms with van der Waals surface area (Å²) in [6.45, 7) is 14.6. The van der Waals surface area contributed by atoms with Gasteiger partial charge in [-0.2, -0.15) is 5.54 Å². The minimum absolute atomic E-state index is 0.181. The van der Waals surface area contributed by atoms with Crippen molar-refractivity contribution in [3.8, 4) is 0 Å². The van der Waals surface area contributed by atoms with E-state index in [1.165, 1.54) is 23.6 Å². The number of hydrogen-bond donors (Lipinski definition) is 1. The third kappa shape index (κ3) is 11.5. The van der Waals surface area contributed by atoms with Gasteiger partial charge in [-0.3, -0.25) is 4.79 Å². The number of benzene rings is 1. The molecule has 0 atom stereocenters. The second kappa shape index (κ2) is 14.4. The van der Waals surface area contributed by atoms with E-state index in [0.717, 1.165) is 5.57 Å². The molecular weight excluding hydrogens is 265 g/mol. The molecule has 0 amide bonds. The van der Waals surface area contributed by atoms with Gasteiger partial charge in [0.25, 0.3) is 0 Å². The van der Waals surface area contributed by atoms with E-state index < -0.39 is 0 Å². The number of allylic oxidation sites excluding steroid dienone is 4. The molecule has 1 aromatic rings. The molecule has 1 rings (SSSR count). The molecule has 0 saturated heterocycles. The number of carbonyl (C=O) groups excluding carboxylic acids is 1. The van der Waals surface area contributed by atoms with Crippen molar-refractivity contribution in [1.82, 2.24) is 5.54 Å². The third-order valence-corrected chi connectivity index (χ3v) is 2.22. The van der Waals surface area contributed by atoms with Gasteiger partial charge in [-0.1, -0.05) is 75.1 Å². The molecule has 3 heteroatoms. The second-order valence-corrected chi connectivity index (χ2v) is 3.94. The number of Topliss-reactive ketones (excluding diaryl/α,β-unsaturated/α-hetero) is 1. The maximum absolute atomic E-state index is 10.8. The summed E-state index contributed by atoms with van der Waals surface area (Å²) in [7, 11) is 0. The summed E-state index contributed by atoms with van der Waals surface area (Å²) >= 11 is 0. The number of carbonyl (C=O) groups is 1. The average molecular weight is 291 g/mol. The number of hydrogen-bond acceptors (Lipinski definition) is 2. The lowest BCUT2D eigenvalue weighted by Crippen LogP contribution is -2.10. The van der Waals surface area contributed by atoms with Crippen LogP contribution in [0.3, 0.4) is 0 Å². The summed E-state index contributed by atoms with van der Waals surface area (Å²) in [5.74, 6) is -0.197. The van der Waals surface area contributed by atoms with Gasteiger partial charge in [0.05, 0.1) is 6.54 Å². The van der Waals surface area contributed by atoms with Crippen molar-refractivity contribution in [3.63, 3.8) is 0 Å². The zero-order valence-corrected chi connectivity index (χ0v) is 13.4. The van der Waals surface area contributed by atoms with E-state index in [-0.39, 0.29) is 12.3 Å². The lowest BCUT2D eigenvalue weighted by atomic mass is 10.0. The fourth-order valence-electron chi connectivity index (χ4n) is 1.25. The van der Waals surface area contributed by atoms with Gasteiger partial charge in [-0.05, 0) is 25.0 Å². The van der Waals surface area contributed by atoms with Crippen LogP contribution in [-0.2, 0) is 4.79 Å². The molecule has 21 heavy (non-hydrogen) atoms. The van der Waals surface area contributed by atoms with Gasteiger partial charge in [0.2, 0.25) is 0 Å². The van der Waals surface area contributed by atoms with Gasteiger partial charge < -0.3 is 0 Å². The zero-order chi connectivity index (χ0) is 16.7. The first-order valence-electron chi connectivity index (χ1n) is 6.90. The van der Waals surface area contributed by atoms with Crippen molar-refractivity contribution in [3.05, 3.63) is 66.8 Å². The first-order chi connectivity index (χ1) is 10.0. The summed E-state index contributed by atoms with van der Waals surface area (Å²) < 4.78 is 10.8. The molecule has 0 spiro atoms. The Balaban J connectivity index is 0. The summed E-state index contributed by atoms with van der Waals surface area (Å²) in [6, 6.07) is 8.37. The molecule has 0 aliphatic rings. The number of nitrogens with one attached hydrogen (secondary N) is 1. The molecule has 1 N–H and O–H groups in total. The standard InChI is InChI=1S/C13H14.C3H6FNO.C2H6/c1-4-6-12(5-2)13-9-7-11(3)8-10-13;1-3(6)2-5-4;1-2/h4-10H,1-2H2,3H3;5H,2H2,1H3;1-2H3/b12-6+;;. The minimum Gasteiger partial charge on any atom is -0.298 e. The molecular formula is C18H26FNO. The molecule has 0 aliphatic carbocycles. The van der Waals surface area contributed by atoms with E-state index in [0.29, 0.717) is 0 Å². The zero-order valence-electron chi connectivity index (χ0n) is 13.4. The van der Waals surface area contributed by atoms with Gasteiger partial charge in [-0.15, -0.1) is 4.48 Å². The van der Waals surface area contributed by atoms with Crippen LogP contribution in [0.2, 0.25) is 0 Å². The Morgan fingerprint density at radius 1 is 1.24 bits per heavy atom. The van der Waals surface area contributed by atoms with Crippen molar-refractivity contribution in [2.24, 2.45) is 0 Å². The molecule has 0 unspecified atom stereocenters. The molecule has 0 aliphatic heterocycles. The molecule has 0 bridgehead atoms. The van der Waals surface area contributed by atoms with Crippen LogP contribution >= 0.6 is 0 Å². The van der Waals surface area contributed by atoms with Crippen LogP contribution in [0.1, 0.15) is 31.9 Å². The highest BCUT2D eigenvalue weighted by Crippen LogP contribution is 2.15. The molecule has 116 valence electrons. The number of aryl methyl sites for hydroxylation is 1. The van der Waals surface area contributed by atoms with Gasteiger partial charge in [-0.25, -0.2) is 0 Å². The van der Waals surface area contributed by atoms with Crippen molar-refractivity contribution >= 4 is 11.4 Å². The summed E-state index contributed by atoms with van der Waals surface area (Å²) in [6.07, 6.45) is 5.57. The van der Waals surface area contributed by atoms with Gasteiger partial charge in [0, 0.05) is 0 Å². The molecule has 1 aromatic carbocycles. The molecule has 0 heterocycles. The van der Waals surface area contributed by atoms with E-state index in [1.807, 2.05) is 26.0 Å². The van der Waals surface area contributed by atoms with Crippen LogP contribution < -0.4 is 5.54 Å². The number of halogens is 1. The molecule has 0 fully saturated rings. The average Bonchev–Trinajstić information content (AvgIpc) is 2.48. The van der Waals surface area contributed by atoms with Crippen LogP contribution in [-0.4, -0.2) is 12.3 Å². The predicted molar refractivity (Wildman–Crippen MR) is 90.7 cm³/mol. The summed E-state index contributed by atoms with van der Waals surface area (Å²) in [5, 5.41) is 0. The maximum Gasteiger partial charge on any atom is 0.146 e. The van der Waals surface area contributed by atoms with Gasteiger partial charge in [0.15, 0.2) is 0 Å². The highest BCUT2D eigenvalue weighted by molar-refractivity contribution is 5.77. The highest BCUT2D eigenvalue weighted by atomic mass is 19.2. The fourth-order valence-corrected chi connectivity index (χ4v) is 1.25. The molecule has 0 aromatic heterocycles. The SMILES string of the molecule is C=C/C=C(\C=C)c1ccc(C)cc1.CC.CC(=O)CNF. The van der Waals surface area contributed by atoms with Crippen LogP contribution in [0.15, 0.2) is 55.7 Å². The van der Waals surface area contributed by atoms with E-state index in [2.05, 4.69) is 44.3 Å². The Labute approximate surface area is 128 Å². The van der Waals surface area contributed by atoms with Crippen LogP contribution in [0.5, 0.6) is 0 Å². The smallest absolute Gasteiger partial charge is 0.146 e. The number of ketones is 1. The lowest BCUT2D eigenvalue weighted by molar-refractivity contribution is -0.116. The topological polar surface area (TPSA) is 29.1 Å². The number of rotatable bonds is 5. The van der Waals surface area contributed by atoms with E-state index in [1.54, 1.807) is 6.08 Å². The fraction of sp³-hybridized carbons (Fsp3) is 0.278. The predicted octanol–water partition coefficient (Wildman–Crippen LogP) is 4.83. The maximum atomic E-state index is 10.8. The molecule has 2 nitrogen and oxygen atoms in total. The van der Waals surface area contributed by atoms with E-state index in [4.69, 9.17) is 0 Å². The van der Waals surface area contributed by atoms with Gasteiger partial charge >= 0.3 is 0 Å². The normalized spacial score (nSPS) is 9.48. The lowest BCUT2D eigenvalue weighted by Gasteiger charge is -2.01. The molecule has 0 saturated carbocycles. The van der Waals surface area contributed by atoms with Crippen LogP contribution in [0.25, 0.3) is 5.57 Å². The van der Waals surface area contributed by atoms with Crippen LogP contribution in [0.4, 0.5) is 4.48 Å².